The number of aromatic nitrogens is 1. The van der Waals surface area contributed by atoms with Crippen LogP contribution >= 0.6 is 0 Å². The standard InChI is InChI=1S/C14H19N3O5/c1-21-13(18)12-3-2-11(8-16-12)22-7-4-10-9-17(14(19)20)6-5-15-10/h2-3,8,10,15H,4-7,9H2,1H3,(H,19,20)/t10-/m1/s1. The largest absolute Gasteiger partial charge is 0.492 e. The Balaban J connectivity index is 1.76. The van der Waals surface area contributed by atoms with Gasteiger partial charge in [0.15, 0.2) is 0 Å². The topological polar surface area (TPSA) is 101 Å². The Labute approximate surface area is 128 Å². The molecule has 1 aromatic heterocycles. The number of carbonyl (C=O) groups excluding carboxylic acids is 1. The van der Waals surface area contributed by atoms with Crippen LogP contribution in [0.2, 0.25) is 0 Å². The van der Waals surface area contributed by atoms with Crippen LogP contribution in [0.25, 0.3) is 0 Å². The van der Waals surface area contributed by atoms with Crippen LogP contribution in [0, 0.1) is 0 Å². The van der Waals surface area contributed by atoms with E-state index in [0.29, 0.717) is 38.4 Å². The van der Waals surface area contributed by atoms with Crippen LogP contribution in [0.3, 0.4) is 0 Å². The molecule has 1 saturated heterocycles. The summed E-state index contributed by atoms with van der Waals surface area (Å²) in [6.07, 6.45) is 1.25. The van der Waals surface area contributed by atoms with Gasteiger partial charge in [-0.15, -0.1) is 0 Å². The Morgan fingerprint density at radius 3 is 2.95 bits per heavy atom. The highest BCUT2D eigenvalue weighted by Gasteiger charge is 2.22. The summed E-state index contributed by atoms with van der Waals surface area (Å²) >= 11 is 0. The fourth-order valence-corrected chi connectivity index (χ4v) is 2.20. The van der Waals surface area contributed by atoms with Crippen molar-refractivity contribution in [3.63, 3.8) is 0 Å². The molecule has 0 radical (unpaired) electrons. The number of amides is 1. The molecule has 8 nitrogen and oxygen atoms in total. The molecule has 1 amide bonds. The molecular formula is C14H19N3O5. The van der Waals surface area contributed by atoms with Crippen molar-refractivity contribution in [2.75, 3.05) is 33.4 Å². The zero-order valence-corrected chi connectivity index (χ0v) is 12.3. The molecule has 8 heteroatoms. The second-order valence-corrected chi connectivity index (χ2v) is 4.89. The van der Waals surface area contributed by atoms with Gasteiger partial charge in [0.1, 0.15) is 11.4 Å². The predicted octanol–water partition coefficient (Wildman–Crippen LogP) is 0.589. The maximum Gasteiger partial charge on any atom is 0.407 e. The average Bonchev–Trinajstić information content (AvgIpc) is 2.55. The van der Waals surface area contributed by atoms with Gasteiger partial charge in [0.05, 0.1) is 19.9 Å². The smallest absolute Gasteiger partial charge is 0.407 e. The van der Waals surface area contributed by atoms with E-state index in [1.807, 2.05) is 0 Å². The summed E-state index contributed by atoms with van der Waals surface area (Å²) < 4.78 is 10.1. The van der Waals surface area contributed by atoms with Gasteiger partial charge in [-0.05, 0) is 18.6 Å². The summed E-state index contributed by atoms with van der Waals surface area (Å²) in [7, 11) is 1.30. The van der Waals surface area contributed by atoms with Gasteiger partial charge in [0.2, 0.25) is 0 Å². The summed E-state index contributed by atoms with van der Waals surface area (Å²) in [4.78, 5) is 27.5. The van der Waals surface area contributed by atoms with Crippen molar-refractivity contribution in [3.8, 4) is 5.75 Å². The van der Waals surface area contributed by atoms with E-state index in [1.165, 1.54) is 24.3 Å². The molecule has 0 spiro atoms. The molecule has 22 heavy (non-hydrogen) atoms. The van der Waals surface area contributed by atoms with E-state index in [1.54, 1.807) is 6.07 Å². The lowest BCUT2D eigenvalue weighted by atomic mass is 10.1. The van der Waals surface area contributed by atoms with Crippen LogP contribution in [0.5, 0.6) is 5.75 Å². The molecule has 1 fully saturated rings. The number of pyridine rings is 1. The Bertz CT molecular complexity index is 520. The molecular weight excluding hydrogens is 290 g/mol. The van der Waals surface area contributed by atoms with Crippen molar-refractivity contribution >= 4 is 12.1 Å². The normalized spacial score (nSPS) is 17.9. The van der Waals surface area contributed by atoms with E-state index in [9.17, 15) is 9.59 Å². The Hall–Kier alpha value is -2.35. The van der Waals surface area contributed by atoms with Gasteiger partial charge in [-0.25, -0.2) is 14.6 Å². The monoisotopic (exact) mass is 309 g/mol. The lowest BCUT2D eigenvalue weighted by molar-refractivity contribution is 0.0594. The van der Waals surface area contributed by atoms with Crippen molar-refractivity contribution in [1.82, 2.24) is 15.2 Å². The number of nitrogens with zero attached hydrogens (tertiary/aromatic N) is 2. The Morgan fingerprint density at radius 1 is 1.50 bits per heavy atom. The first-order chi connectivity index (χ1) is 10.6. The molecule has 1 aliphatic rings. The molecule has 1 aliphatic heterocycles. The van der Waals surface area contributed by atoms with Gasteiger partial charge in [-0.2, -0.15) is 0 Å². The van der Waals surface area contributed by atoms with Crippen molar-refractivity contribution in [1.29, 1.82) is 0 Å². The molecule has 0 saturated carbocycles. The highest BCUT2D eigenvalue weighted by molar-refractivity contribution is 5.87. The molecule has 2 N–H and O–H groups in total. The fraction of sp³-hybridized carbons (Fsp3) is 0.500. The lowest BCUT2D eigenvalue weighted by Crippen LogP contribution is -2.52. The molecule has 0 aliphatic carbocycles. The van der Waals surface area contributed by atoms with Crippen LogP contribution in [-0.2, 0) is 4.74 Å². The van der Waals surface area contributed by atoms with E-state index < -0.39 is 12.1 Å². The fourth-order valence-electron chi connectivity index (χ4n) is 2.20. The van der Waals surface area contributed by atoms with Gasteiger partial charge in [0, 0.05) is 25.7 Å². The molecule has 2 rings (SSSR count). The molecule has 0 unspecified atom stereocenters. The summed E-state index contributed by atoms with van der Waals surface area (Å²) in [5.74, 6) is 0.0604. The summed E-state index contributed by atoms with van der Waals surface area (Å²) in [6, 6.07) is 3.26. The third-order valence-electron chi connectivity index (χ3n) is 3.39. The zero-order chi connectivity index (χ0) is 15.9. The molecule has 0 bridgehead atoms. The lowest BCUT2D eigenvalue weighted by Gasteiger charge is -2.31. The summed E-state index contributed by atoms with van der Waals surface area (Å²) in [5.41, 5.74) is 0.223. The second kappa shape index (κ2) is 7.60. The van der Waals surface area contributed by atoms with E-state index in [0.717, 1.165) is 0 Å². The van der Waals surface area contributed by atoms with E-state index in [4.69, 9.17) is 9.84 Å². The zero-order valence-electron chi connectivity index (χ0n) is 12.3. The van der Waals surface area contributed by atoms with E-state index in [2.05, 4.69) is 15.0 Å². The summed E-state index contributed by atoms with van der Waals surface area (Å²) in [5, 5.41) is 12.2. The second-order valence-electron chi connectivity index (χ2n) is 4.89. The van der Waals surface area contributed by atoms with Gasteiger partial charge in [-0.1, -0.05) is 0 Å². The minimum Gasteiger partial charge on any atom is -0.492 e. The number of esters is 1. The highest BCUT2D eigenvalue weighted by Crippen LogP contribution is 2.11. The molecule has 1 aromatic rings. The van der Waals surface area contributed by atoms with Gasteiger partial charge in [0.25, 0.3) is 0 Å². The van der Waals surface area contributed by atoms with Gasteiger partial charge in [-0.3, -0.25) is 0 Å². The first kappa shape index (κ1) is 16.0. The Morgan fingerprint density at radius 2 is 2.32 bits per heavy atom. The van der Waals surface area contributed by atoms with Crippen LogP contribution in [0.15, 0.2) is 18.3 Å². The predicted molar refractivity (Wildman–Crippen MR) is 77.1 cm³/mol. The third-order valence-corrected chi connectivity index (χ3v) is 3.39. The third kappa shape index (κ3) is 4.32. The van der Waals surface area contributed by atoms with Crippen molar-refractivity contribution in [2.24, 2.45) is 0 Å². The number of rotatable bonds is 5. The number of hydrogen-bond acceptors (Lipinski definition) is 6. The number of hydrogen-bond donors (Lipinski definition) is 2. The van der Waals surface area contributed by atoms with E-state index >= 15 is 0 Å². The van der Waals surface area contributed by atoms with Crippen LogP contribution in [0.1, 0.15) is 16.9 Å². The minimum atomic E-state index is -0.894. The minimum absolute atomic E-state index is 0.0761. The number of methoxy groups -OCH3 is 1. The van der Waals surface area contributed by atoms with Crippen LogP contribution in [-0.4, -0.2) is 66.4 Å². The van der Waals surface area contributed by atoms with Crippen molar-refractivity contribution < 1.29 is 24.2 Å². The number of carboxylic acid groups (broad SMARTS) is 1. The molecule has 1 atom stereocenters. The molecule has 2 heterocycles. The molecule has 0 aromatic carbocycles. The number of piperazine rings is 1. The van der Waals surface area contributed by atoms with Gasteiger partial charge >= 0.3 is 12.1 Å². The Kier molecular flexibility index (Phi) is 5.54. The van der Waals surface area contributed by atoms with Crippen molar-refractivity contribution in [2.45, 2.75) is 12.5 Å². The average molecular weight is 309 g/mol. The van der Waals surface area contributed by atoms with E-state index in [-0.39, 0.29) is 11.7 Å². The first-order valence-electron chi connectivity index (χ1n) is 6.98. The van der Waals surface area contributed by atoms with Gasteiger partial charge < -0.3 is 24.8 Å². The first-order valence-corrected chi connectivity index (χ1v) is 6.98. The highest BCUT2D eigenvalue weighted by atomic mass is 16.5. The maximum absolute atomic E-state index is 11.2. The van der Waals surface area contributed by atoms with Crippen LogP contribution < -0.4 is 10.1 Å². The summed E-state index contributed by atoms with van der Waals surface area (Å²) in [6.45, 7) is 2.04. The number of nitrogens with one attached hydrogen (secondary N) is 1. The quantitative estimate of drug-likeness (QED) is 0.768. The number of ether oxygens (including phenoxy) is 2. The maximum atomic E-state index is 11.2. The SMILES string of the molecule is COC(=O)c1ccc(OCC[C@@H]2CN(C(=O)O)CCN2)cn1. The van der Waals surface area contributed by atoms with Crippen molar-refractivity contribution in [3.05, 3.63) is 24.0 Å². The van der Waals surface area contributed by atoms with Crippen LogP contribution in [0.4, 0.5) is 4.79 Å². The molecule has 120 valence electrons. The number of carbonyl (C=O) groups is 2.